The fourth-order valence-corrected chi connectivity index (χ4v) is 3.01. The Labute approximate surface area is 156 Å². The van der Waals surface area contributed by atoms with Gasteiger partial charge in [0.25, 0.3) is 5.69 Å². The number of hydrogen-bond acceptors (Lipinski definition) is 6. The Morgan fingerprint density at radius 1 is 1.23 bits per heavy atom. The summed E-state index contributed by atoms with van der Waals surface area (Å²) in [5.41, 5.74) is 3.26. The van der Waals surface area contributed by atoms with Gasteiger partial charge in [0.15, 0.2) is 11.5 Å². The van der Waals surface area contributed by atoms with Gasteiger partial charge in [-0.25, -0.2) is 0 Å². The zero-order valence-corrected chi connectivity index (χ0v) is 15.2. The van der Waals surface area contributed by atoms with Crippen molar-refractivity contribution in [2.24, 2.45) is 4.99 Å². The number of aliphatic imine (C=N–C) groups is 1. The third-order valence-corrected chi connectivity index (χ3v) is 4.22. The lowest BCUT2D eigenvalue weighted by Gasteiger charge is -2.21. The molecule has 2 aromatic rings. The van der Waals surface area contributed by atoms with Crippen LogP contribution in [-0.4, -0.2) is 36.5 Å². The van der Waals surface area contributed by atoms with Gasteiger partial charge in [-0.3, -0.25) is 15.1 Å². The fourth-order valence-electron chi connectivity index (χ4n) is 3.01. The molecular formula is C18H19ClN2O5. The van der Waals surface area contributed by atoms with E-state index in [1.54, 1.807) is 12.1 Å². The second kappa shape index (κ2) is 8.05. The molecule has 7 nitrogen and oxygen atoms in total. The van der Waals surface area contributed by atoms with Crippen molar-refractivity contribution in [3.8, 4) is 17.2 Å². The SMILES string of the molecule is COc1cc2c(c(O)c1OC)C(Cc1ccc([N+](=O)[O-])cc1)=NCC2.Cl. The minimum Gasteiger partial charge on any atom is -0.504 e. The van der Waals surface area contributed by atoms with E-state index in [1.165, 1.54) is 26.4 Å². The number of nitro benzene ring substituents is 1. The van der Waals surface area contributed by atoms with Crippen molar-refractivity contribution in [3.05, 3.63) is 57.1 Å². The molecule has 0 spiro atoms. The minimum absolute atomic E-state index is 0. The molecule has 1 aliphatic rings. The molecule has 0 atom stereocenters. The quantitative estimate of drug-likeness (QED) is 0.636. The molecule has 2 aromatic carbocycles. The zero-order valence-electron chi connectivity index (χ0n) is 14.4. The summed E-state index contributed by atoms with van der Waals surface area (Å²) in [5, 5.41) is 21.4. The van der Waals surface area contributed by atoms with Crippen LogP contribution in [0.4, 0.5) is 5.69 Å². The first kappa shape index (κ1) is 19.5. The zero-order chi connectivity index (χ0) is 18.0. The van der Waals surface area contributed by atoms with Crippen molar-refractivity contribution in [3.63, 3.8) is 0 Å². The fraction of sp³-hybridized carbons (Fsp3) is 0.278. The van der Waals surface area contributed by atoms with Crippen LogP contribution in [0, 0.1) is 10.1 Å². The van der Waals surface area contributed by atoms with Crippen LogP contribution in [0.15, 0.2) is 35.3 Å². The van der Waals surface area contributed by atoms with E-state index in [9.17, 15) is 15.2 Å². The average Bonchev–Trinajstić information content (AvgIpc) is 2.62. The molecule has 0 radical (unpaired) electrons. The molecule has 0 aromatic heterocycles. The summed E-state index contributed by atoms with van der Waals surface area (Å²) >= 11 is 0. The van der Waals surface area contributed by atoms with Gasteiger partial charge in [0, 0.05) is 30.7 Å². The Morgan fingerprint density at radius 2 is 1.92 bits per heavy atom. The van der Waals surface area contributed by atoms with Crippen LogP contribution < -0.4 is 9.47 Å². The maximum absolute atomic E-state index is 10.8. The predicted octanol–water partition coefficient (Wildman–Crippen LogP) is 3.33. The summed E-state index contributed by atoms with van der Waals surface area (Å²) in [4.78, 5) is 14.9. The number of aromatic hydroxyl groups is 1. The maximum atomic E-state index is 10.8. The number of non-ortho nitro benzene ring substituents is 1. The molecule has 0 saturated heterocycles. The molecule has 138 valence electrons. The highest BCUT2D eigenvalue weighted by atomic mass is 35.5. The Kier molecular flexibility index (Phi) is 6.05. The van der Waals surface area contributed by atoms with Gasteiger partial charge >= 0.3 is 0 Å². The van der Waals surface area contributed by atoms with Crippen molar-refractivity contribution in [2.75, 3.05) is 20.8 Å². The van der Waals surface area contributed by atoms with Gasteiger partial charge in [-0.2, -0.15) is 0 Å². The molecule has 8 heteroatoms. The summed E-state index contributed by atoms with van der Waals surface area (Å²) < 4.78 is 10.6. The van der Waals surface area contributed by atoms with Crippen LogP contribution in [0.5, 0.6) is 17.2 Å². The number of rotatable bonds is 5. The highest BCUT2D eigenvalue weighted by Crippen LogP contribution is 2.42. The van der Waals surface area contributed by atoms with Crippen LogP contribution in [0.3, 0.4) is 0 Å². The summed E-state index contributed by atoms with van der Waals surface area (Å²) in [6.07, 6.45) is 1.17. The summed E-state index contributed by atoms with van der Waals surface area (Å²) in [7, 11) is 3.00. The molecule has 1 aliphatic heterocycles. The van der Waals surface area contributed by atoms with Crippen LogP contribution in [-0.2, 0) is 12.8 Å². The molecule has 0 saturated carbocycles. The van der Waals surface area contributed by atoms with Crippen molar-refractivity contribution in [1.82, 2.24) is 0 Å². The number of hydrogen-bond donors (Lipinski definition) is 1. The van der Waals surface area contributed by atoms with Gasteiger partial charge < -0.3 is 14.6 Å². The van der Waals surface area contributed by atoms with Crippen LogP contribution in [0.25, 0.3) is 0 Å². The highest BCUT2D eigenvalue weighted by molar-refractivity contribution is 6.07. The average molecular weight is 379 g/mol. The van der Waals surface area contributed by atoms with Crippen molar-refractivity contribution < 1.29 is 19.5 Å². The molecule has 0 aliphatic carbocycles. The highest BCUT2D eigenvalue weighted by Gasteiger charge is 2.25. The van der Waals surface area contributed by atoms with E-state index in [1.807, 2.05) is 6.07 Å². The predicted molar refractivity (Wildman–Crippen MR) is 100 cm³/mol. The second-order valence-corrected chi connectivity index (χ2v) is 5.67. The van der Waals surface area contributed by atoms with E-state index >= 15 is 0 Å². The number of fused-ring (bicyclic) bond motifs is 1. The van der Waals surface area contributed by atoms with Crippen LogP contribution >= 0.6 is 12.4 Å². The van der Waals surface area contributed by atoms with Gasteiger partial charge in [0.05, 0.1) is 24.9 Å². The van der Waals surface area contributed by atoms with E-state index in [0.717, 1.165) is 16.8 Å². The topological polar surface area (TPSA) is 94.2 Å². The first-order chi connectivity index (χ1) is 12.0. The third-order valence-electron chi connectivity index (χ3n) is 4.22. The second-order valence-electron chi connectivity index (χ2n) is 5.67. The molecule has 3 rings (SSSR count). The molecule has 0 fully saturated rings. The van der Waals surface area contributed by atoms with E-state index in [2.05, 4.69) is 4.99 Å². The van der Waals surface area contributed by atoms with Gasteiger partial charge in [0.2, 0.25) is 5.75 Å². The monoisotopic (exact) mass is 378 g/mol. The molecule has 1 heterocycles. The largest absolute Gasteiger partial charge is 0.504 e. The number of phenols is 1. The van der Waals surface area contributed by atoms with E-state index in [4.69, 9.17) is 9.47 Å². The van der Waals surface area contributed by atoms with Gasteiger partial charge in [-0.05, 0) is 23.6 Å². The Morgan fingerprint density at radius 3 is 2.50 bits per heavy atom. The van der Waals surface area contributed by atoms with Crippen LogP contribution in [0.1, 0.15) is 16.7 Å². The van der Waals surface area contributed by atoms with E-state index in [-0.39, 0.29) is 29.6 Å². The Balaban J connectivity index is 0.00000243. The summed E-state index contributed by atoms with van der Waals surface area (Å²) in [6.45, 7) is 0.615. The Hall–Kier alpha value is -2.80. The van der Waals surface area contributed by atoms with E-state index in [0.29, 0.717) is 30.7 Å². The van der Waals surface area contributed by atoms with Crippen molar-refractivity contribution in [2.45, 2.75) is 12.8 Å². The molecule has 26 heavy (non-hydrogen) atoms. The number of benzene rings is 2. The van der Waals surface area contributed by atoms with Crippen molar-refractivity contribution in [1.29, 1.82) is 0 Å². The normalized spacial score (nSPS) is 12.5. The number of phenolic OH excluding ortho intramolecular Hbond substituents is 1. The smallest absolute Gasteiger partial charge is 0.269 e. The minimum atomic E-state index is -0.430. The standard InChI is InChI=1S/C18H18N2O5.ClH/c1-24-15-10-12-7-8-19-14(16(12)17(21)18(15)25-2)9-11-3-5-13(6-4-11)20(22)23;/h3-6,10,21H,7-9H2,1-2H3;1H. The molecule has 1 N–H and O–H groups in total. The Bertz CT molecular complexity index is 850. The number of ether oxygens (including phenoxy) is 2. The number of halogens is 1. The lowest BCUT2D eigenvalue weighted by Crippen LogP contribution is -2.16. The lowest BCUT2D eigenvalue weighted by molar-refractivity contribution is -0.384. The number of nitro groups is 1. The first-order valence-electron chi connectivity index (χ1n) is 7.79. The molecule has 0 unspecified atom stereocenters. The number of methoxy groups -OCH3 is 2. The maximum Gasteiger partial charge on any atom is 0.269 e. The van der Waals surface area contributed by atoms with E-state index < -0.39 is 4.92 Å². The molecule has 0 amide bonds. The van der Waals surface area contributed by atoms with Gasteiger partial charge in [-0.15, -0.1) is 12.4 Å². The van der Waals surface area contributed by atoms with Crippen LogP contribution in [0.2, 0.25) is 0 Å². The number of nitrogens with zero attached hydrogens (tertiary/aromatic N) is 2. The third kappa shape index (κ3) is 3.57. The van der Waals surface area contributed by atoms with Gasteiger partial charge in [0.1, 0.15) is 0 Å². The lowest BCUT2D eigenvalue weighted by atomic mass is 9.92. The summed E-state index contributed by atoms with van der Waals surface area (Å²) in [5.74, 6) is 0.770. The van der Waals surface area contributed by atoms with Gasteiger partial charge in [-0.1, -0.05) is 12.1 Å². The summed E-state index contributed by atoms with van der Waals surface area (Å²) in [6, 6.07) is 8.19. The first-order valence-corrected chi connectivity index (χ1v) is 7.79. The molecular weight excluding hydrogens is 360 g/mol. The molecule has 0 bridgehead atoms. The van der Waals surface area contributed by atoms with Crippen molar-refractivity contribution >= 4 is 23.8 Å².